The van der Waals surface area contributed by atoms with Gasteiger partial charge in [0.25, 0.3) is 0 Å². The van der Waals surface area contributed by atoms with E-state index in [0.717, 1.165) is 0 Å². The summed E-state index contributed by atoms with van der Waals surface area (Å²) in [5.41, 5.74) is 0. The van der Waals surface area contributed by atoms with Crippen molar-refractivity contribution in [3.05, 3.63) is 0 Å². The van der Waals surface area contributed by atoms with Gasteiger partial charge in [0.1, 0.15) is 0 Å². The van der Waals surface area contributed by atoms with Gasteiger partial charge in [-0.3, -0.25) is 0 Å². The highest BCUT2D eigenvalue weighted by atomic mass is 32.2. The Hall–Kier alpha value is -0.0900. The molecule has 2 aliphatic rings. The van der Waals surface area contributed by atoms with Crippen molar-refractivity contribution in [3.8, 4) is 0 Å². The predicted octanol–water partition coefficient (Wildman–Crippen LogP) is 0.189. The minimum atomic E-state index is -3.03. The average Bonchev–Trinajstić information content (AvgIpc) is 1.96. The van der Waals surface area contributed by atoms with Gasteiger partial charge in [-0.2, -0.15) is 0 Å². The van der Waals surface area contributed by atoms with Gasteiger partial charge in [0.05, 0.1) is 16.1 Å². The van der Waals surface area contributed by atoms with E-state index in [0.29, 0.717) is 0 Å². The number of fused-ring (bicyclic) bond motifs is 1. The molecule has 0 radical (unpaired) electrons. The van der Waals surface area contributed by atoms with Crippen LogP contribution in [0.25, 0.3) is 0 Å². The molecule has 3 nitrogen and oxygen atoms in total. The molecule has 0 bridgehead atoms. The summed E-state index contributed by atoms with van der Waals surface area (Å²) >= 11 is 0. The van der Waals surface area contributed by atoms with Gasteiger partial charge in [-0.25, -0.2) is 8.42 Å². The van der Waals surface area contributed by atoms with Crippen LogP contribution in [0, 0.1) is 11.8 Å². The second-order valence-corrected chi connectivity index (χ2v) is 7.18. The first-order valence-electron chi connectivity index (χ1n) is 4.23. The van der Waals surface area contributed by atoms with E-state index in [-0.39, 0.29) is 11.8 Å². The van der Waals surface area contributed by atoms with E-state index in [1.165, 1.54) is 0 Å². The van der Waals surface area contributed by atoms with Gasteiger partial charge in [-0.05, 0) is 19.8 Å². The van der Waals surface area contributed by atoms with Gasteiger partial charge in [0, 0.05) is 5.92 Å². The molecule has 1 aliphatic heterocycles. The lowest BCUT2D eigenvalue weighted by Gasteiger charge is -2.63. The van der Waals surface area contributed by atoms with E-state index in [1.54, 1.807) is 13.8 Å². The summed E-state index contributed by atoms with van der Waals surface area (Å²) in [6.45, 7) is 5.43. The largest absolute Gasteiger partial charge is 0.391 e. The van der Waals surface area contributed by atoms with E-state index in [1.807, 2.05) is 6.92 Å². The van der Waals surface area contributed by atoms with E-state index >= 15 is 0 Å². The second-order valence-electron chi connectivity index (χ2n) is 4.49. The van der Waals surface area contributed by atoms with Crippen molar-refractivity contribution in [1.82, 2.24) is 0 Å². The molecule has 2 fully saturated rings. The molecule has 12 heavy (non-hydrogen) atoms. The summed E-state index contributed by atoms with van der Waals surface area (Å²) in [6.07, 6.45) is -0.618. The maximum Gasteiger partial charge on any atom is 0.161 e. The van der Waals surface area contributed by atoms with E-state index in [4.69, 9.17) is 0 Å². The van der Waals surface area contributed by atoms with Crippen molar-refractivity contribution < 1.29 is 13.5 Å². The molecule has 0 spiro atoms. The summed E-state index contributed by atoms with van der Waals surface area (Å²) in [6, 6.07) is 0. The minimum Gasteiger partial charge on any atom is -0.391 e. The van der Waals surface area contributed by atoms with Crippen molar-refractivity contribution in [2.45, 2.75) is 36.9 Å². The van der Waals surface area contributed by atoms with Crippen LogP contribution in [-0.4, -0.2) is 29.6 Å². The van der Waals surface area contributed by atoms with Crippen molar-refractivity contribution in [1.29, 1.82) is 0 Å². The molecule has 0 aromatic heterocycles. The topological polar surface area (TPSA) is 54.4 Å². The second kappa shape index (κ2) is 1.87. The first-order chi connectivity index (χ1) is 5.32. The molecular weight excluding hydrogens is 176 g/mol. The Morgan fingerprint density at radius 1 is 1.33 bits per heavy atom. The lowest BCUT2D eigenvalue weighted by atomic mass is 9.64. The first kappa shape index (κ1) is 8.51. The third-order valence-electron chi connectivity index (χ3n) is 3.69. The molecular formula is C8H14O3S. The number of hydrogen-bond acceptors (Lipinski definition) is 3. The quantitative estimate of drug-likeness (QED) is 0.593. The standard InChI is InChI=1S/C8H14O3S/c1-4-5-7(6(4)9)12(10,11)8(5,2)3/h4-7,9H,1-3H3/t4-,5-,6+,7-/m0/s1. The number of hydrogen-bond donors (Lipinski definition) is 1. The molecule has 1 saturated heterocycles. The van der Waals surface area contributed by atoms with Crippen molar-refractivity contribution >= 4 is 9.84 Å². The zero-order valence-corrected chi connectivity index (χ0v) is 8.30. The van der Waals surface area contributed by atoms with Crippen LogP contribution < -0.4 is 0 Å². The van der Waals surface area contributed by atoms with Crippen LogP contribution in [0.4, 0.5) is 0 Å². The lowest BCUT2D eigenvalue weighted by Crippen LogP contribution is -2.78. The monoisotopic (exact) mass is 190 g/mol. The fourth-order valence-electron chi connectivity index (χ4n) is 2.75. The third-order valence-corrected chi connectivity index (χ3v) is 6.72. The zero-order chi connectivity index (χ0) is 9.31. The van der Waals surface area contributed by atoms with Gasteiger partial charge in [0.15, 0.2) is 9.84 Å². The number of sulfone groups is 1. The van der Waals surface area contributed by atoms with E-state index in [9.17, 15) is 13.5 Å². The number of aliphatic hydroxyl groups is 1. The molecule has 4 atom stereocenters. The summed E-state index contributed by atoms with van der Waals surface area (Å²) < 4.78 is 22.5. The molecule has 4 heteroatoms. The van der Waals surface area contributed by atoms with Gasteiger partial charge < -0.3 is 5.11 Å². The van der Waals surface area contributed by atoms with Crippen LogP contribution in [-0.2, 0) is 9.84 Å². The van der Waals surface area contributed by atoms with Crippen LogP contribution in [0.1, 0.15) is 20.8 Å². The zero-order valence-electron chi connectivity index (χ0n) is 7.48. The third kappa shape index (κ3) is 0.577. The Morgan fingerprint density at radius 3 is 2.25 bits per heavy atom. The highest BCUT2D eigenvalue weighted by Crippen LogP contribution is 2.59. The Balaban J connectivity index is 2.38. The van der Waals surface area contributed by atoms with Gasteiger partial charge in [0.2, 0.25) is 0 Å². The molecule has 1 saturated carbocycles. The lowest BCUT2D eigenvalue weighted by molar-refractivity contribution is -0.0531. The van der Waals surface area contributed by atoms with Crippen LogP contribution in [0.3, 0.4) is 0 Å². The fraction of sp³-hybridized carbons (Fsp3) is 1.00. The van der Waals surface area contributed by atoms with E-state index < -0.39 is 25.9 Å². The summed E-state index contributed by atoms with van der Waals surface area (Å²) in [7, 11) is -3.03. The Morgan fingerprint density at radius 2 is 1.83 bits per heavy atom. The Kier molecular flexibility index (Phi) is 1.33. The predicted molar refractivity (Wildman–Crippen MR) is 45.4 cm³/mol. The van der Waals surface area contributed by atoms with Gasteiger partial charge in [-0.1, -0.05) is 6.92 Å². The molecule has 70 valence electrons. The maximum absolute atomic E-state index is 11.5. The number of rotatable bonds is 0. The molecule has 1 aliphatic carbocycles. The summed E-state index contributed by atoms with van der Waals surface area (Å²) in [5.74, 6) is 0.325. The molecule has 1 N–H and O–H groups in total. The summed E-state index contributed by atoms with van der Waals surface area (Å²) in [4.78, 5) is 0. The first-order valence-corrected chi connectivity index (χ1v) is 5.78. The molecule has 0 unspecified atom stereocenters. The number of aliphatic hydroxyl groups excluding tert-OH is 1. The van der Waals surface area contributed by atoms with Crippen molar-refractivity contribution in [2.75, 3.05) is 0 Å². The minimum absolute atomic E-state index is 0.147. The van der Waals surface area contributed by atoms with Crippen LogP contribution in [0.15, 0.2) is 0 Å². The SMILES string of the molecule is C[C@@H]1[C@@H](O)[C@@H]2[C@H]1C(C)(C)S2(=O)=O. The highest BCUT2D eigenvalue weighted by Gasteiger charge is 2.73. The molecule has 0 aromatic carbocycles. The average molecular weight is 190 g/mol. The maximum atomic E-state index is 11.5. The fourth-order valence-corrected chi connectivity index (χ4v) is 5.56. The van der Waals surface area contributed by atoms with Crippen LogP contribution >= 0.6 is 0 Å². The molecule has 1 heterocycles. The van der Waals surface area contributed by atoms with Gasteiger partial charge in [-0.15, -0.1) is 0 Å². The van der Waals surface area contributed by atoms with E-state index in [2.05, 4.69) is 0 Å². The molecule has 0 aromatic rings. The van der Waals surface area contributed by atoms with Crippen molar-refractivity contribution in [3.63, 3.8) is 0 Å². The molecule has 0 amide bonds. The Labute approximate surface area is 72.7 Å². The van der Waals surface area contributed by atoms with Crippen LogP contribution in [0.5, 0.6) is 0 Å². The highest BCUT2D eigenvalue weighted by molar-refractivity contribution is 7.95. The normalized spacial score (nSPS) is 53.3. The van der Waals surface area contributed by atoms with Crippen molar-refractivity contribution in [2.24, 2.45) is 11.8 Å². The smallest absolute Gasteiger partial charge is 0.161 e. The molecule has 2 rings (SSSR count). The summed E-state index contributed by atoms with van der Waals surface area (Å²) in [5, 5.41) is 8.94. The Bertz CT molecular complexity index is 317. The van der Waals surface area contributed by atoms with Gasteiger partial charge >= 0.3 is 0 Å². The van der Waals surface area contributed by atoms with Crippen LogP contribution in [0.2, 0.25) is 0 Å².